The highest BCUT2D eigenvalue weighted by Crippen LogP contribution is 2.32. The lowest BCUT2D eigenvalue weighted by atomic mass is 9.99. The predicted octanol–water partition coefficient (Wildman–Crippen LogP) is 3.35. The highest BCUT2D eigenvalue weighted by atomic mass is 28.4. The first-order valence-electron chi connectivity index (χ1n) is 5.73. The second-order valence-corrected chi connectivity index (χ2v) is 10.2. The van der Waals surface area contributed by atoms with Crippen molar-refractivity contribution in [2.24, 2.45) is 0 Å². The van der Waals surface area contributed by atoms with Gasteiger partial charge in [-0.1, -0.05) is 6.08 Å². The van der Waals surface area contributed by atoms with E-state index in [2.05, 4.69) is 40.1 Å². The molecule has 0 saturated carbocycles. The molecule has 0 radical (unpaired) electrons. The molecule has 0 aromatic rings. The maximum absolute atomic E-state index is 6.18. The van der Waals surface area contributed by atoms with Gasteiger partial charge in [0.25, 0.3) is 0 Å². The number of hydrogen-bond acceptors (Lipinski definition) is 2. The second kappa shape index (κ2) is 4.40. The lowest BCUT2D eigenvalue weighted by Gasteiger charge is -2.37. The van der Waals surface area contributed by atoms with Crippen LogP contribution in [-0.4, -0.2) is 26.1 Å². The van der Waals surface area contributed by atoms with Crippen molar-refractivity contribution in [2.75, 3.05) is 0 Å². The summed E-state index contributed by atoms with van der Waals surface area (Å²) in [6.07, 6.45) is 4.48. The fraction of sp³-hybridized carbons (Fsp3) is 0.833. The molecule has 0 aliphatic carbocycles. The van der Waals surface area contributed by atoms with Crippen LogP contribution >= 0.6 is 0 Å². The maximum atomic E-state index is 6.18. The van der Waals surface area contributed by atoms with Crippen LogP contribution in [0.4, 0.5) is 0 Å². The Hall–Kier alpha value is -0.123. The van der Waals surface area contributed by atoms with E-state index >= 15 is 0 Å². The standard InChI is InChI=1S/C12H24O2Si/c1-7-10-8-9-11(13-10)12(2,3)14-15(4,5)6/h7,10-11H,1,8-9H2,2-6H3/t10-,11+/m0/s1. The van der Waals surface area contributed by atoms with Gasteiger partial charge in [0, 0.05) is 0 Å². The van der Waals surface area contributed by atoms with E-state index in [1.165, 1.54) is 0 Å². The van der Waals surface area contributed by atoms with Crippen molar-refractivity contribution in [3.8, 4) is 0 Å². The normalized spacial score (nSPS) is 28.1. The van der Waals surface area contributed by atoms with Crippen molar-refractivity contribution in [1.29, 1.82) is 0 Å². The molecule has 0 spiro atoms. The van der Waals surface area contributed by atoms with Crippen LogP contribution in [0.1, 0.15) is 26.7 Å². The first kappa shape index (κ1) is 12.9. The molecule has 0 amide bonds. The number of hydrogen-bond donors (Lipinski definition) is 0. The van der Waals surface area contributed by atoms with Crippen LogP contribution in [0.15, 0.2) is 12.7 Å². The predicted molar refractivity (Wildman–Crippen MR) is 66.6 cm³/mol. The Morgan fingerprint density at radius 2 is 1.93 bits per heavy atom. The Morgan fingerprint density at radius 1 is 1.33 bits per heavy atom. The highest BCUT2D eigenvalue weighted by molar-refractivity contribution is 6.69. The number of rotatable bonds is 4. The topological polar surface area (TPSA) is 18.5 Å². The molecule has 1 aliphatic heterocycles. The van der Waals surface area contributed by atoms with Crippen LogP contribution in [0.25, 0.3) is 0 Å². The van der Waals surface area contributed by atoms with Gasteiger partial charge >= 0.3 is 0 Å². The minimum Gasteiger partial charge on any atom is -0.410 e. The van der Waals surface area contributed by atoms with Crippen LogP contribution in [-0.2, 0) is 9.16 Å². The van der Waals surface area contributed by atoms with Crippen LogP contribution in [0, 0.1) is 0 Å². The Balaban J connectivity index is 2.59. The van der Waals surface area contributed by atoms with Gasteiger partial charge in [0.15, 0.2) is 8.32 Å². The van der Waals surface area contributed by atoms with Gasteiger partial charge in [0.2, 0.25) is 0 Å². The molecule has 1 aliphatic rings. The molecular formula is C12H24O2Si. The summed E-state index contributed by atoms with van der Waals surface area (Å²) < 4.78 is 12.1. The molecule has 0 unspecified atom stereocenters. The molecule has 1 saturated heterocycles. The largest absolute Gasteiger partial charge is 0.410 e. The molecule has 0 aromatic heterocycles. The molecule has 0 bridgehead atoms. The van der Waals surface area contributed by atoms with E-state index in [0.29, 0.717) is 0 Å². The van der Waals surface area contributed by atoms with E-state index in [9.17, 15) is 0 Å². The van der Waals surface area contributed by atoms with Gasteiger partial charge in [-0.2, -0.15) is 0 Å². The Bertz CT molecular complexity index is 230. The van der Waals surface area contributed by atoms with E-state index in [0.717, 1.165) is 12.8 Å². The summed E-state index contributed by atoms with van der Waals surface area (Å²) in [6, 6.07) is 0. The maximum Gasteiger partial charge on any atom is 0.184 e. The van der Waals surface area contributed by atoms with Crippen molar-refractivity contribution in [3.05, 3.63) is 12.7 Å². The summed E-state index contributed by atoms with van der Waals surface area (Å²) in [5, 5.41) is 0. The Labute approximate surface area is 94.8 Å². The van der Waals surface area contributed by atoms with Gasteiger partial charge in [-0.3, -0.25) is 0 Å². The molecule has 15 heavy (non-hydrogen) atoms. The summed E-state index contributed by atoms with van der Waals surface area (Å²) in [7, 11) is -1.50. The van der Waals surface area contributed by atoms with Crippen LogP contribution in [0.2, 0.25) is 19.6 Å². The van der Waals surface area contributed by atoms with Gasteiger partial charge in [-0.05, 0) is 46.3 Å². The quantitative estimate of drug-likeness (QED) is 0.543. The summed E-state index contributed by atoms with van der Waals surface area (Å²) in [5.74, 6) is 0. The highest BCUT2D eigenvalue weighted by Gasteiger charge is 2.39. The van der Waals surface area contributed by atoms with Gasteiger partial charge in [-0.15, -0.1) is 6.58 Å². The van der Waals surface area contributed by atoms with Crippen molar-refractivity contribution >= 4 is 8.32 Å². The third-order valence-corrected chi connectivity index (χ3v) is 3.80. The van der Waals surface area contributed by atoms with Crippen molar-refractivity contribution in [3.63, 3.8) is 0 Å². The summed E-state index contributed by atoms with van der Waals surface area (Å²) in [6.45, 7) is 14.7. The minimum atomic E-state index is -1.50. The van der Waals surface area contributed by atoms with Crippen LogP contribution in [0.3, 0.4) is 0 Å². The molecule has 2 atom stereocenters. The zero-order chi connectivity index (χ0) is 11.7. The van der Waals surface area contributed by atoms with E-state index in [1.54, 1.807) is 0 Å². The lowest BCUT2D eigenvalue weighted by Crippen LogP contribution is -2.46. The molecule has 88 valence electrons. The van der Waals surface area contributed by atoms with Crippen molar-refractivity contribution < 1.29 is 9.16 Å². The monoisotopic (exact) mass is 228 g/mol. The van der Waals surface area contributed by atoms with Crippen LogP contribution < -0.4 is 0 Å². The lowest BCUT2D eigenvalue weighted by molar-refractivity contribution is -0.0622. The van der Waals surface area contributed by atoms with Crippen molar-refractivity contribution in [2.45, 2.75) is 64.1 Å². The zero-order valence-corrected chi connectivity index (χ0v) is 11.7. The average Bonchev–Trinajstić information content (AvgIpc) is 2.47. The first-order valence-corrected chi connectivity index (χ1v) is 9.13. The van der Waals surface area contributed by atoms with Crippen LogP contribution in [0.5, 0.6) is 0 Å². The van der Waals surface area contributed by atoms with E-state index in [-0.39, 0.29) is 17.8 Å². The minimum absolute atomic E-state index is 0.164. The van der Waals surface area contributed by atoms with E-state index in [1.807, 2.05) is 6.08 Å². The SMILES string of the molecule is C=C[C@H]1CC[C@H](C(C)(C)O[Si](C)(C)C)O1. The van der Waals surface area contributed by atoms with E-state index < -0.39 is 8.32 Å². The average molecular weight is 228 g/mol. The third-order valence-electron chi connectivity index (χ3n) is 2.66. The third kappa shape index (κ3) is 3.74. The summed E-state index contributed by atoms with van der Waals surface area (Å²) in [5.41, 5.74) is -0.164. The molecule has 1 fully saturated rings. The van der Waals surface area contributed by atoms with Gasteiger partial charge in [0.1, 0.15) is 0 Å². The fourth-order valence-corrected chi connectivity index (χ4v) is 3.91. The van der Waals surface area contributed by atoms with Gasteiger partial charge < -0.3 is 9.16 Å². The summed E-state index contributed by atoms with van der Waals surface area (Å²) in [4.78, 5) is 0. The van der Waals surface area contributed by atoms with Gasteiger partial charge in [-0.25, -0.2) is 0 Å². The second-order valence-electron chi connectivity index (χ2n) is 5.79. The molecule has 2 nitrogen and oxygen atoms in total. The Morgan fingerprint density at radius 3 is 2.33 bits per heavy atom. The molecule has 1 heterocycles. The zero-order valence-electron chi connectivity index (χ0n) is 10.7. The fourth-order valence-electron chi connectivity index (χ4n) is 2.20. The van der Waals surface area contributed by atoms with Gasteiger partial charge in [0.05, 0.1) is 17.8 Å². The van der Waals surface area contributed by atoms with E-state index in [4.69, 9.17) is 9.16 Å². The Kier molecular flexibility index (Phi) is 3.79. The molecule has 1 rings (SSSR count). The first-order chi connectivity index (χ1) is 6.74. The smallest absolute Gasteiger partial charge is 0.184 e. The van der Waals surface area contributed by atoms with Crippen molar-refractivity contribution in [1.82, 2.24) is 0 Å². The number of ether oxygens (including phenoxy) is 1. The summed E-state index contributed by atoms with van der Waals surface area (Å²) >= 11 is 0. The molecule has 3 heteroatoms. The molecule has 0 N–H and O–H groups in total. The molecular weight excluding hydrogens is 204 g/mol. The molecule has 0 aromatic carbocycles.